The van der Waals surface area contributed by atoms with Crippen molar-refractivity contribution in [1.29, 1.82) is 0 Å². The maximum atomic E-state index is 3.48. The Bertz CT molecular complexity index is 48.0. The van der Waals surface area contributed by atoms with Gasteiger partial charge >= 0.3 is 0 Å². The zero-order valence-corrected chi connectivity index (χ0v) is 10.4. The van der Waals surface area contributed by atoms with Gasteiger partial charge in [-0.15, -0.1) is 0 Å². The summed E-state index contributed by atoms with van der Waals surface area (Å²) in [4.78, 5) is 1.03. The Morgan fingerprint density at radius 3 is 1.25 bits per heavy atom. The maximum Gasteiger partial charge on any atom is 0.0376 e. The predicted octanol–water partition coefficient (Wildman–Crippen LogP) is 3.30. The van der Waals surface area contributed by atoms with Crippen LogP contribution in [0.1, 0.15) is 0 Å². The zero-order valence-electron chi connectivity index (χ0n) is 4.08. The second kappa shape index (κ2) is 5.69. The molecule has 0 heterocycles. The van der Waals surface area contributed by atoms with Crippen LogP contribution >= 0.6 is 63.7 Å². The van der Waals surface area contributed by atoms with E-state index in [0.29, 0.717) is 9.65 Å². The molecule has 0 aliphatic rings. The molecule has 50 valence electrons. The molecule has 0 N–H and O–H groups in total. The lowest BCUT2D eigenvalue weighted by Crippen LogP contribution is -2.15. The van der Waals surface area contributed by atoms with Gasteiger partial charge in [-0.05, 0) is 0 Å². The number of hydrogen-bond acceptors (Lipinski definition) is 0. The first-order valence-electron chi connectivity index (χ1n) is 2.12. The molecule has 0 aliphatic heterocycles. The molecule has 0 saturated carbocycles. The third kappa shape index (κ3) is 3.85. The van der Waals surface area contributed by atoms with E-state index < -0.39 is 0 Å². The summed E-state index contributed by atoms with van der Waals surface area (Å²) >= 11 is 13.7. The van der Waals surface area contributed by atoms with E-state index in [1.165, 1.54) is 0 Å². The molecular weight excluding hydrogens is 368 g/mol. The molecule has 0 fully saturated rings. The first-order valence-corrected chi connectivity index (χ1v) is 6.20. The van der Waals surface area contributed by atoms with Crippen molar-refractivity contribution in [3.8, 4) is 0 Å². The largest absolute Gasteiger partial charge is 0.0916 e. The highest BCUT2D eigenvalue weighted by atomic mass is 79.9. The molecule has 2 atom stereocenters. The molecule has 4 heteroatoms. The molecule has 0 radical (unpaired) electrons. The van der Waals surface area contributed by atoms with E-state index in [1.807, 2.05) is 0 Å². The minimum atomic E-state index is 0.516. The highest BCUT2D eigenvalue weighted by molar-refractivity contribution is 9.14. The molecule has 0 nitrogen and oxygen atoms in total. The van der Waals surface area contributed by atoms with Crippen molar-refractivity contribution in [1.82, 2.24) is 0 Å². The van der Waals surface area contributed by atoms with E-state index in [9.17, 15) is 0 Å². The van der Waals surface area contributed by atoms with Crippen LogP contribution in [0.15, 0.2) is 0 Å². The fraction of sp³-hybridized carbons (Fsp3) is 1.00. The van der Waals surface area contributed by atoms with Crippen LogP contribution in [0.4, 0.5) is 0 Å². The van der Waals surface area contributed by atoms with Crippen LogP contribution in [0.3, 0.4) is 0 Å². The Morgan fingerprint density at radius 1 is 0.875 bits per heavy atom. The second-order valence-electron chi connectivity index (χ2n) is 1.34. The molecule has 0 aromatic carbocycles. The highest BCUT2D eigenvalue weighted by Gasteiger charge is 2.11. The topological polar surface area (TPSA) is 0 Å². The van der Waals surface area contributed by atoms with E-state index in [-0.39, 0.29) is 0 Å². The van der Waals surface area contributed by atoms with Gasteiger partial charge in [0.15, 0.2) is 0 Å². The smallest absolute Gasteiger partial charge is 0.0376 e. The standard InChI is InChI=1S/C4H6Br4/c5-1-3(7)4(8)2-6/h3-4H,1-2H2. The summed E-state index contributed by atoms with van der Waals surface area (Å²) < 4.78 is 0. The summed E-state index contributed by atoms with van der Waals surface area (Å²) in [5, 5.41) is 1.96. The third-order valence-electron chi connectivity index (χ3n) is 0.687. The van der Waals surface area contributed by atoms with E-state index in [4.69, 9.17) is 0 Å². The van der Waals surface area contributed by atoms with Crippen molar-refractivity contribution in [3.63, 3.8) is 0 Å². The van der Waals surface area contributed by atoms with Gasteiger partial charge in [0.25, 0.3) is 0 Å². The number of halogens is 4. The molecule has 0 aromatic heterocycles. The van der Waals surface area contributed by atoms with Gasteiger partial charge < -0.3 is 0 Å². The van der Waals surface area contributed by atoms with Crippen molar-refractivity contribution < 1.29 is 0 Å². The molecule has 0 bridgehead atoms. The Hall–Kier alpha value is 1.92. The van der Waals surface area contributed by atoms with Crippen LogP contribution in [0, 0.1) is 0 Å². The van der Waals surface area contributed by atoms with Crippen LogP contribution < -0.4 is 0 Å². The average molecular weight is 374 g/mol. The van der Waals surface area contributed by atoms with Crippen LogP contribution in [-0.2, 0) is 0 Å². The van der Waals surface area contributed by atoms with Crippen LogP contribution in [0.25, 0.3) is 0 Å². The van der Waals surface area contributed by atoms with Crippen molar-refractivity contribution in [2.75, 3.05) is 10.7 Å². The summed E-state index contributed by atoms with van der Waals surface area (Å²) in [7, 11) is 0. The molecule has 0 amide bonds. The van der Waals surface area contributed by atoms with Gasteiger partial charge in [-0.25, -0.2) is 0 Å². The SMILES string of the molecule is BrCC(Br)C(Br)CBr. The predicted molar refractivity (Wildman–Crippen MR) is 53.0 cm³/mol. The Balaban J connectivity index is 3.29. The van der Waals surface area contributed by atoms with Crippen LogP contribution in [0.2, 0.25) is 0 Å². The number of hydrogen-bond donors (Lipinski definition) is 0. The summed E-state index contributed by atoms with van der Waals surface area (Å²) in [5.41, 5.74) is 0. The fourth-order valence-corrected chi connectivity index (χ4v) is 2.47. The van der Waals surface area contributed by atoms with Crippen molar-refractivity contribution in [2.24, 2.45) is 0 Å². The first-order chi connectivity index (χ1) is 3.72. The number of alkyl halides is 4. The van der Waals surface area contributed by atoms with Gasteiger partial charge in [0.2, 0.25) is 0 Å². The van der Waals surface area contributed by atoms with Crippen LogP contribution in [-0.4, -0.2) is 20.3 Å². The lowest BCUT2D eigenvalue weighted by molar-refractivity contribution is 0.994. The lowest BCUT2D eigenvalue weighted by atomic mass is 10.4. The normalized spacial score (nSPS) is 18.0. The highest BCUT2D eigenvalue weighted by Crippen LogP contribution is 2.17. The summed E-state index contributed by atoms with van der Waals surface area (Å²) in [5.74, 6) is 0. The van der Waals surface area contributed by atoms with Crippen molar-refractivity contribution >= 4 is 63.7 Å². The Labute approximate surface area is 83.3 Å². The molecule has 2 unspecified atom stereocenters. The molecule has 8 heavy (non-hydrogen) atoms. The quantitative estimate of drug-likeness (QED) is 0.666. The van der Waals surface area contributed by atoms with E-state index in [1.54, 1.807) is 0 Å². The minimum absolute atomic E-state index is 0.516. The van der Waals surface area contributed by atoms with Crippen molar-refractivity contribution in [3.05, 3.63) is 0 Å². The van der Waals surface area contributed by atoms with E-state index >= 15 is 0 Å². The van der Waals surface area contributed by atoms with E-state index in [2.05, 4.69) is 63.7 Å². The molecular formula is C4H6Br4. The maximum absolute atomic E-state index is 3.48. The zero-order chi connectivity index (χ0) is 6.57. The van der Waals surface area contributed by atoms with Crippen molar-refractivity contribution in [2.45, 2.75) is 9.65 Å². The van der Waals surface area contributed by atoms with Gasteiger partial charge in [0, 0.05) is 20.3 Å². The molecule has 0 aliphatic carbocycles. The van der Waals surface area contributed by atoms with Gasteiger partial charge in [0.05, 0.1) is 0 Å². The summed E-state index contributed by atoms with van der Waals surface area (Å²) in [6.07, 6.45) is 0. The molecule has 0 aromatic rings. The number of rotatable bonds is 3. The molecule has 0 saturated heterocycles. The lowest BCUT2D eigenvalue weighted by Gasteiger charge is -2.09. The van der Waals surface area contributed by atoms with Gasteiger partial charge in [0.1, 0.15) is 0 Å². The molecule has 0 spiro atoms. The Kier molecular flexibility index (Phi) is 7.05. The van der Waals surface area contributed by atoms with Crippen LogP contribution in [0.5, 0.6) is 0 Å². The van der Waals surface area contributed by atoms with Gasteiger partial charge in [-0.1, -0.05) is 63.7 Å². The monoisotopic (exact) mass is 370 g/mol. The van der Waals surface area contributed by atoms with Gasteiger partial charge in [-0.2, -0.15) is 0 Å². The Morgan fingerprint density at radius 2 is 1.12 bits per heavy atom. The minimum Gasteiger partial charge on any atom is -0.0916 e. The molecule has 0 rings (SSSR count). The van der Waals surface area contributed by atoms with Gasteiger partial charge in [-0.3, -0.25) is 0 Å². The third-order valence-corrected chi connectivity index (χ3v) is 6.45. The van der Waals surface area contributed by atoms with E-state index in [0.717, 1.165) is 10.7 Å². The first kappa shape index (κ1) is 9.92. The second-order valence-corrected chi connectivity index (χ2v) is 4.99. The average Bonchev–Trinajstić information content (AvgIpc) is 1.84. The fourth-order valence-electron chi connectivity index (χ4n) is 0.193. The summed E-state index contributed by atoms with van der Waals surface area (Å²) in [6, 6.07) is 0. The summed E-state index contributed by atoms with van der Waals surface area (Å²) in [6.45, 7) is 0.